The third-order valence-corrected chi connectivity index (χ3v) is 7.30. The molecule has 3 aliphatic rings. The number of nitrogens with two attached hydrogens (primary N) is 2. The molecule has 0 saturated carbocycles. The first-order valence-corrected chi connectivity index (χ1v) is 10.6. The fourth-order valence-electron chi connectivity index (χ4n) is 5.48. The number of phenolic OH excluding ortho intramolecular Hbond substituents is 1. The normalized spacial score (nSPS) is 29.2. The zero-order valence-corrected chi connectivity index (χ0v) is 18.7. The highest BCUT2D eigenvalue weighted by Crippen LogP contribution is 2.53. The Balaban J connectivity index is 1.98. The molecule has 0 bridgehead atoms. The smallest absolute Gasteiger partial charge is 0.255 e. The van der Waals surface area contributed by atoms with Gasteiger partial charge >= 0.3 is 0 Å². The standard InChI is InChI=1S/C22H24ClN3O7/c1-26(2)15-10-4-7-3-9-11(23)5-8(6-24)16(27)13(9)17(28)12(7)19(30)22(10,33)20(31)14(18(15)29)21(25)32/h5,7,10,15,27,29-30,33H,3-4,6,24H2,1-2H3,(H2,25,32)/t7-,10-,15-,22-/m0/s1. The van der Waals surface area contributed by atoms with E-state index in [-0.39, 0.29) is 46.9 Å². The quantitative estimate of drug-likeness (QED) is 0.331. The summed E-state index contributed by atoms with van der Waals surface area (Å²) in [6.45, 7) is -0.0956. The van der Waals surface area contributed by atoms with E-state index in [4.69, 9.17) is 23.1 Å². The minimum atomic E-state index is -2.67. The number of Topliss-reactive ketones (excluding diaryl/α,β-unsaturated/α-hetero) is 2. The maximum atomic E-state index is 13.5. The largest absolute Gasteiger partial charge is 0.510 e. The number of aliphatic hydroxyl groups is 3. The van der Waals surface area contributed by atoms with E-state index in [2.05, 4.69) is 0 Å². The highest BCUT2D eigenvalue weighted by Gasteiger charge is 2.63. The van der Waals surface area contributed by atoms with Crippen molar-refractivity contribution in [3.05, 3.63) is 50.4 Å². The molecule has 1 aromatic rings. The zero-order valence-electron chi connectivity index (χ0n) is 17.9. The van der Waals surface area contributed by atoms with Gasteiger partial charge < -0.3 is 31.9 Å². The summed E-state index contributed by atoms with van der Waals surface area (Å²) in [5, 5.41) is 44.2. The van der Waals surface area contributed by atoms with E-state index in [1.165, 1.54) is 11.0 Å². The van der Waals surface area contributed by atoms with Gasteiger partial charge in [-0.3, -0.25) is 19.3 Å². The Bertz CT molecular complexity index is 1190. The van der Waals surface area contributed by atoms with Crippen molar-refractivity contribution in [3.63, 3.8) is 0 Å². The monoisotopic (exact) mass is 477 g/mol. The summed E-state index contributed by atoms with van der Waals surface area (Å²) in [4.78, 5) is 40.1. The van der Waals surface area contributed by atoms with Gasteiger partial charge in [0, 0.05) is 28.6 Å². The van der Waals surface area contributed by atoms with E-state index in [9.17, 15) is 34.8 Å². The topological polar surface area (TPSA) is 187 Å². The van der Waals surface area contributed by atoms with Gasteiger partial charge in [-0.15, -0.1) is 0 Å². The van der Waals surface area contributed by atoms with Crippen LogP contribution in [0.2, 0.25) is 5.02 Å². The fourth-order valence-corrected chi connectivity index (χ4v) is 5.78. The minimum Gasteiger partial charge on any atom is -0.510 e. The van der Waals surface area contributed by atoms with Gasteiger partial charge in [0.2, 0.25) is 5.78 Å². The maximum Gasteiger partial charge on any atom is 0.255 e. The summed E-state index contributed by atoms with van der Waals surface area (Å²) in [5.74, 6) is -7.02. The van der Waals surface area contributed by atoms with Crippen LogP contribution in [0.1, 0.15) is 27.9 Å². The molecule has 3 aliphatic carbocycles. The maximum absolute atomic E-state index is 13.5. The van der Waals surface area contributed by atoms with Crippen LogP contribution in [0.5, 0.6) is 5.75 Å². The molecule has 1 aromatic carbocycles. The van der Waals surface area contributed by atoms with Gasteiger partial charge in [0.05, 0.1) is 11.6 Å². The Labute approximate surface area is 193 Å². The molecule has 0 unspecified atom stereocenters. The number of likely N-dealkylation sites (N-methyl/N-ethyl adjacent to an activating group) is 1. The van der Waals surface area contributed by atoms with Crippen LogP contribution >= 0.6 is 11.6 Å². The number of rotatable bonds is 3. The van der Waals surface area contributed by atoms with Gasteiger partial charge in [-0.05, 0) is 44.5 Å². The number of fused-ring (bicyclic) bond motifs is 3. The summed E-state index contributed by atoms with van der Waals surface area (Å²) in [6.07, 6.45) is 0.132. The van der Waals surface area contributed by atoms with E-state index in [1.807, 2.05) is 0 Å². The van der Waals surface area contributed by atoms with Crippen molar-refractivity contribution in [1.29, 1.82) is 0 Å². The van der Waals surface area contributed by atoms with Gasteiger partial charge in [-0.2, -0.15) is 0 Å². The second-order valence-electron chi connectivity index (χ2n) is 8.89. The number of benzene rings is 1. The average Bonchev–Trinajstić information content (AvgIpc) is 2.72. The van der Waals surface area contributed by atoms with Crippen molar-refractivity contribution >= 4 is 29.1 Å². The second-order valence-corrected chi connectivity index (χ2v) is 9.29. The van der Waals surface area contributed by atoms with Gasteiger partial charge in [-0.1, -0.05) is 11.6 Å². The van der Waals surface area contributed by atoms with Crippen molar-refractivity contribution < 1.29 is 34.8 Å². The molecule has 0 aliphatic heterocycles. The van der Waals surface area contributed by atoms with Crippen LogP contribution in [0.4, 0.5) is 0 Å². The molecule has 0 aromatic heterocycles. The number of carbonyl (C=O) groups is 3. The first-order chi connectivity index (χ1) is 15.4. The van der Waals surface area contributed by atoms with Crippen LogP contribution in [0.15, 0.2) is 28.7 Å². The van der Waals surface area contributed by atoms with Crippen LogP contribution in [-0.4, -0.2) is 68.5 Å². The molecular weight excluding hydrogens is 454 g/mol. The van der Waals surface area contributed by atoms with E-state index < -0.39 is 58.0 Å². The van der Waals surface area contributed by atoms with Crippen LogP contribution in [0.25, 0.3) is 0 Å². The number of primary amides is 1. The Morgan fingerprint density at radius 3 is 2.45 bits per heavy atom. The average molecular weight is 478 g/mol. The number of ketones is 2. The Morgan fingerprint density at radius 1 is 1.27 bits per heavy atom. The van der Waals surface area contributed by atoms with Gasteiger partial charge in [0.15, 0.2) is 11.4 Å². The molecule has 0 heterocycles. The molecule has 4 atom stereocenters. The number of aromatic hydroxyl groups is 1. The Hall–Kier alpha value is -2.92. The summed E-state index contributed by atoms with van der Waals surface area (Å²) >= 11 is 6.37. The van der Waals surface area contributed by atoms with Crippen LogP contribution < -0.4 is 11.5 Å². The van der Waals surface area contributed by atoms with E-state index in [0.717, 1.165) is 0 Å². The second kappa shape index (κ2) is 7.56. The van der Waals surface area contributed by atoms with Crippen molar-refractivity contribution in [3.8, 4) is 5.75 Å². The van der Waals surface area contributed by atoms with Crippen LogP contribution in [0, 0.1) is 11.8 Å². The number of phenols is 1. The lowest BCUT2D eigenvalue weighted by Gasteiger charge is -2.50. The van der Waals surface area contributed by atoms with Crippen LogP contribution in [-0.2, 0) is 22.6 Å². The lowest BCUT2D eigenvalue weighted by Crippen LogP contribution is -2.63. The van der Waals surface area contributed by atoms with Crippen molar-refractivity contribution in [2.75, 3.05) is 14.1 Å². The summed E-state index contributed by atoms with van der Waals surface area (Å²) in [5.41, 5.74) is 7.61. The lowest BCUT2D eigenvalue weighted by molar-refractivity contribution is -0.148. The fraction of sp³-hybridized carbons (Fsp3) is 0.409. The predicted octanol–water partition coefficient (Wildman–Crippen LogP) is 0.233. The molecule has 0 spiro atoms. The lowest BCUT2D eigenvalue weighted by atomic mass is 9.58. The van der Waals surface area contributed by atoms with E-state index in [1.54, 1.807) is 14.1 Å². The highest BCUT2D eigenvalue weighted by molar-refractivity contribution is 6.33. The number of hydrogen-bond acceptors (Lipinski definition) is 9. The molecule has 176 valence electrons. The van der Waals surface area contributed by atoms with Gasteiger partial charge in [-0.25, -0.2) is 0 Å². The molecule has 1 amide bonds. The molecule has 4 rings (SSSR count). The molecule has 11 heteroatoms. The Morgan fingerprint density at radius 2 is 1.91 bits per heavy atom. The first-order valence-electron chi connectivity index (χ1n) is 10.3. The first kappa shape index (κ1) is 23.2. The summed E-state index contributed by atoms with van der Waals surface area (Å²) in [7, 11) is 3.13. The van der Waals surface area contributed by atoms with E-state index >= 15 is 0 Å². The number of halogens is 1. The molecule has 10 nitrogen and oxygen atoms in total. The number of aliphatic hydroxyl groups excluding tert-OH is 2. The molecule has 33 heavy (non-hydrogen) atoms. The number of carbonyl (C=O) groups excluding carboxylic acids is 3. The molecule has 0 fully saturated rings. The minimum absolute atomic E-state index is 0.00148. The molecule has 0 saturated heterocycles. The number of allylic oxidation sites excluding steroid dienone is 1. The number of hydrogen-bond donors (Lipinski definition) is 6. The highest BCUT2D eigenvalue weighted by atomic mass is 35.5. The molecule has 0 radical (unpaired) electrons. The number of amides is 1. The van der Waals surface area contributed by atoms with Crippen LogP contribution in [0.3, 0.4) is 0 Å². The molecular formula is C22H24ClN3O7. The Kier molecular flexibility index (Phi) is 5.32. The van der Waals surface area contributed by atoms with E-state index in [0.29, 0.717) is 5.56 Å². The summed E-state index contributed by atoms with van der Waals surface area (Å²) in [6, 6.07) is 0.427. The predicted molar refractivity (Wildman–Crippen MR) is 117 cm³/mol. The van der Waals surface area contributed by atoms with Crippen molar-refractivity contribution in [2.24, 2.45) is 23.3 Å². The third-order valence-electron chi connectivity index (χ3n) is 6.97. The molecule has 8 N–H and O–H groups in total. The zero-order chi connectivity index (χ0) is 24.6. The van der Waals surface area contributed by atoms with Gasteiger partial charge in [0.1, 0.15) is 22.8 Å². The van der Waals surface area contributed by atoms with Gasteiger partial charge in [0.25, 0.3) is 5.91 Å². The van der Waals surface area contributed by atoms with Crippen molar-refractivity contribution in [2.45, 2.75) is 31.0 Å². The SMILES string of the molecule is CN(C)[C@@H]1C(O)=C(C(N)=O)C(=O)[C@@]2(O)C(O)=C3C(=O)c4c(O)c(CN)cc(Cl)c4C[C@H]3C[C@@H]12. The summed E-state index contributed by atoms with van der Waals surface area (Å²) < 4.78 is 0. The number of nitrogens with zero attached hydrogens (tertiary/aromatic N) is 1. The van der Waals surface area contributed by atoms with Crippen molar-refractivity contribution in [1.82, 2.24) is 4.90 Å². The third kappa shape index (κ3) is 2.95.